The Kier molecular flexibility index (Phi) is 10.6. The van der Waals surface area contributed by atoms with E-state index in [-0.39, 0.29) is 30.4 Å². The smallest absolute Gasteiger partial charge is 0.261 e. The second-order valence-electron chi connectivity index (χ2n) is 10.3. The summed E-state index contributed by atoms with van der Waals surface area (Å²) in [6.07, 6.45) is 1.11. The average molecular weight is 556 g/mol. The third-order valence-electron chi connectivity index (χ3n) is 6.26. The molecule has 0 saturated heterocycles. The molecular weight excluding hydrogens is 519 g/mol. The summed E-state index contributed by atoms with van der Waals surface area (Å²) in [6.45, 7) is 8.61. The fourth-order valence-electron chi connectivity index (χ4n) is 4.21. The molecule has 1 N–H and O–H groups in total. The Hall–Kier alpha value is -3.02. The highest BCUT2D eigenvalue weighted by Gasteiger charge is 2.32. The Balaban J connectivity index is 1.97. The Morgan fingerprint density at radius 2 is 1.55 bits per heavy atom. The summed E-state index contributed by atoms with van der Waals surface area (Å²) in [7, 11) is 0. The lowest BCUT2D eigenvalue weighted by Gasteiger charge is -2.32. The fraction of sp³-hybridized carbons (Fsp3) is 0.355. The van der Waals surface area contributed by atoms with Crippen molar-refractivity contribution in [2.75, 3.05) is 13.2 Å². The number of carbonyl (C=O) groups excluding carboxylic acids is 2. The minimum atomic E-state index is -0.787. The van der Waals surface area contributed by atoms with Crippen LogP contribution in [0, 0.1) is 0 Å². The van der Waals surface area contributed by atoms with E-state index < -0.39 is 6.04 Å². The largest absolute Gasteiger partial charge is 0.483 e. The molecule has 202 valence electrons. The first-order chi connectivity index (χ1) is 18.1. The molecule has 0 radical (unpaired) electrons. The maximum atomic E-state index is 13.8. The molecular formula is C31H36Cl2N2O3. The molecule has 0 saturated carbocycles. The lowest BCUT2D eigenvalue weighted by Crippen LogP contribution is -2.52. The number of carbonyl (C=O) groups is 2. The molecule has 7 heteroatoms. The monoisotopic (exact) mass is 554 g/mol. The van der Waals surface area contributed by atoms with E-state index in [1.165, 1.54) is 4.90 Å². The van der Waals surface area contributed by atoms with E-state index in [0.29, 0.717) is 34.3 Å². The van der Waals surface area contributed by atoms with Gasteiger partial charge in [0.15, 0.2) is 6.61 Å². The van der Waals surface area contributed by atoms with E-state index in [2.05, 4.69) is 26.1 Å². The molecule has 0 heterocycles. The van der Waals surface area contributed by atoms with Crippen LogP contribution in [0.25, 0.3) is 0 Å². The van der Waals surface area contributed by atoms with Crippen molar-refractivity contribution in [3.63, 3.8) is 0 Å². The van der Waals surface area contributed by atoms with Crippen LogP contribution in [-0.4, -0.2) is 35.9 Å². The van der Waals surface area contributed by atoms with Crippen LogP contribution in [0.2, 0.25) is 10.0 Å². The summed E-state index contributed by atoms with van der Waals surface area (Å²) in [5.41, 5.74) is 2.35. The lowest BCUT2D eigenvalue weighted by atomic mass is 9.86. The summed E-state index contributed by atoms with van der Waals surface area (Å²) in [4.78, 5) is 28.8. The van der Waals surface area contributed by atoms with Gasteiger partial charge in [-0.25, -0.2) is 0 Å². The van der Waals surface area contributed by atoms with E-state index in [1.54, 1.807) is 18.2 Å². The van der Waals surface area contributed by atoms with Crippen molar-refractivity contribution in [2.45, 2.75) is 58.5 Å². The Morgan fingerprint density at radius 3 is 2.18 bits per heavy atom. The van der Waals surface area contributed by atoms with Gasteiger partial charge in [-0.15, -0.1) is 0 Å². The number of benzene rings is 3. The summed E-state index contributed by atoms with van der Waals surface area (Å²) >= 11 is 13.0. The van der Waals surface area contributed by atoms with Crippen molar-refractivity contribution >= 4 is 35.0 Å². The second-order valence-corrected chi connectivity index (χ2v) is 11.1. The Labute approximate surface area is 236 Å². The molecule has 3 aromatic rings. The van der Waals surface area contributed by atoms with Crippen LogP contribution in [0.1, 0.15) is 50.8 Å². The summed E-state index contributed by atoms with van der Waals surface area (Å²) in [5.74, 6) is 0.0683. The van der Waals surface area contributed by atoms with Crippen molar-refractivity contribution in [1.82, 2.24) is 10.2 Å². The molecule has 3 aromatic carbocycles. The molecule has 0 bridgehead atoms. The van der Waals surface area contributed by atoms with E-state index in [4.69, 9.17) is 27.9 Å². The van der Waals surface area contributed by atoms with Gasteiger partial charge in [0, 0.05) is 35.1 Å². The third kappa shape index (κ3) is 7.99. The highest BCUT2D eigenvalue weighted by Crippen LogP contribution is 2.31. The highest BCUT2D eigenvalue weighted by molar-refractivity contribution is 6.36. The quantitative estimate of drug-likeness (QED) is 0.282. The zero-order valence-corrected chi connectivity index (χ0v) is 24.0. The van der Waals surface area contributed by atoms with E-state index in [0.717, 1.165) is 17.5 Å². The summed E-state index contributed by atoms with van der Waals surface area (Å²) in [5, 5.41) is 3.83. The maximum Gasteiger partial charge on any atom is 0.261 e. The zero-order chi connectivity index (χ0) is 27.7. The molecule has 0 aromatic heterocycles. The van der Waals surface area contributed by atoms with Crippen LogP contribution in [0.5, 0.6) is 5.75 Å². The molecule has 0 unspecified atom stereocenters. The van der Waals surface area contributed by atoms with Crippen LogP contribution in [0.4, 0.5) is 0 Å². The number of hydrogen-bond donors (Lipinski definition) is 1. The first-order valence-electron chi connectivity index (χ1n) is 12.9. The molecule has 0 spiro atoms. The first-order valence-corrected chi connectivity index (χ1v) is 13.6. The maximum absolute atomic E-state index is 13.8. The number of nitrogens with one attached hydrogen (secondary N) is 1. The van der Waals surface area contributed by atoms with Crippen LogP contribution in [0.15, 0.2) is 72.8 Å². The molecule has 2 amide bonds. The minimum absolute atomic E-state index is 0.0681. The zero-order valence-electron chi connectivity index (χ0n) is 22.5. The number of hydrogen-bond acceptors (Lipinski definition) is 3. The van der Waals surface area contributed by atoms with Crippen molar-refractivity contribution in [3.8, 4) is 5.75 Å². The lowest BCUT2D eigenvalue weighted by molar-refractivity contribution is -0.142. The topological polar surface area (TPSA) is 58.6 Å². The van der Waals surface area contributed by atoms with E-state index >= 15 is 0 Å². The number of amides is 2. The van der Waals surface area contributed by atoms with Crippen molar-refractivity contribution < 1.29 is 14.3 Å². The van der Waals surface area contributed by atoms with Crippen molar-refractivity contribution in [2.24, 2.45) is 0 Å². The van der Waals surface area contributed by atoms with Gasteiger partial charge in [-0.3, -0.25) is 9.59 Å². The molecule has 0 aliphatic carbocycles. The van der Waals surface area contributed by atoms with Crippen LogP contribution >= 0.6 is 23.2 Å². The van der Waals surface area contributed by atoms with Gasteiger partial charge >= 0.3 is 0 Å². The van der Waals surface area contributed by atoms with Crippen molar-refractivity contribution in [1.29, 1.82) is 0 Å². The molecule has 1 atom stereocenters. The van der Waals surface area contributed by atoms with E-state index in [1.807, 2.05) is 61.5 Å². The molecule has 0 fully saturated rings. The predicted molar refractivity (Wildman–Crippen MR) is 155 cm³/mol. The predicted octanol–water partition coefficient (Wildman–Crippen LogP) is 6.84. The van der Waals surface area contributed by atoms with Gasteiger partial charge in [0.25, 0.3) is 5.91 Å². The fourth-order valence-corrected chi connectivity index (χ4v) is 4.73. The SMILES string of the molecule is CCCNC(=O)[C@H](Cc1ccccc1)N(Cc1c(Cl)cccc1Cl)C(=O)COc1ccccc1C(C)(C)C. The van der Waals surface area contributed by atoms with Crippen LogP contribution < -0.4 is 10.1 Å². The Bertz CT molecular complexity index is 1210. The van der Waals surface area contributed by atoms with Gasteiger partial charge in [0.1, 0.15) is 11.8 Å². The van der Waals surface area contributed by atoms with Gasteiger partial charge in [-0.1, -0.05) is 105 Å². The molecule has 38 heavy (non-hydrogen) atoms. The van der Waals surface area contributed by atoms with Gasteiger partial charge in [-0.05, 0) is 41.2 Å². The minimum Gasteiger partial charge on any atom is -0.483 e. The molecule has 0 aliphatic rings. The van der Waals surface area contributed by atoms with E-state index in [9.17, 15) is 9.59 Å². The second kappa shape index (κ2) is 13.7. The third-order valence-corrected chi connectivity index (χ3v) is 6.96. The Morgan fingerprint density at radius 1 is 0.921 bits per heavy atom. The normalized spacial score (nSPS) is 12.1. The average Bonchev–Trinajstić information content (AvgIpc) is 2.89. The summed E-state index contributed by atoms with van der Waals surface area (Å²) < 4.78 is 6.08. The number of halogens is 2. The van der Waals surface area contributed by atoms with Crippen LogP contribution in [-0.2, 0) is 28.0 Å². The highest BCUT2D eigenvalue weighted by atomic mass is 35.5. The van der Waals surface area contributed by atoms with Gasteiger partial charge in [-0.2, -0.15) is 0 Å². The number of para-hydroxylation sites is 1. The summed E-state index contributed by atoms with van der Waals surface area (Å²) in [6, 6.07) is 21.8. The molecule has 3 rings (SSSR count). The first kappa shape index (κ1) is 29.5. The number of ether oxygens (including phenoxy) is 1. The number of rotatable bonds is 11. The van der Waals surface area contributed by atoms with Crippen LogP contribution in [0.3, 0.4) is 0 Å². The molecule has 0 aliphatic heterocycles. The standard InChI is InChI=1S/C31H36Cl2N2O3/c1-5-18-34-30(37)27(19-22-12-7-6-8-13-22)35(20-23-25(32)15-11-16-26(23)33)29(36)21-38-28-17-10-9-14-24(28)31(2,3)4/h6-17,27H,5,18-21H2,1-4H3,(H,34,37)/t27-/m0/s1. The molecule has 5 nitrogen and oxygen atoms in total. The van der Waals surface area contributed by atoms with Gasteiger partial charge in [0.2, 0.25) is 5.91 Å². The van der Waals surface area contributed by atoms with Gasteiger partial charge < -0.3 is 15.0 Å². The number of nitrogens with zero attached hydrogens (tertiary/aromatic N) is 1. The van der Waals surface area contributed by atoms with Crippen molar-refractivity contribution in [3.05, 3.63) is 99.5 Å². The van der Waals surface area contributed by atoms with Gasteiger partial charge in [0.05, 0.1) is 0 Å².